The summed E-state index contributed by atoms with van der Waals surface area (Å²) in [6.07, 6.45) is 0.986. The van der Waals surface area contributed by atoms with Gasteiger partial charge in [-0.15, -0.1) is 0 Å². The van der Waals surface area contributed by atoms with Crippen LogP contribution in [0.15, 0.2) is 58.3 Å². The van der Waals surface area contributed by atoms with Gasteiger partial charge in [0.25, 0.3) is 0 Å². The smallest absolute Gasteiger partial charge is 0.206 e. The SMILES string of the molecule is O=S(=O)(c1ccccc1)c1ccc(C2CCNC2)c(OCCO)c1. The molecule has 1 aliphatic rings. The Morgan fingerprint density at radius 2 is 1.92 bits per heavy atom. The molecule has 2 aromatic rings. The van der Waals surface area contributed by atoms with Crippen molar-refractivity contribution in [1.29, 1.82) is 0 Å². The molecule has 0 spiro atoms. The summed E-state index contributed by atoms with van der Waals surface area (Å²) in [5, 5.41) is 12.3. The molecular formula is C18H21NO4S. The van der Waals surface area contributed by atoms with E-state index in [1.807, 2.05) is 6.07 Å². The van der Waals surface area contributed by atoms with Gasteiger partial charge in [-0.25, -0.2) is 8.42 Å². The number of hydrogen-bond donors (Lipinski definition) is 2. The van der Waals surface area contributed by atoms with Crippen LogP contribution >= 0.6 is 0 Å². The molecular weight excluding hydrogens is 326 g/mol. The Morgan fingerprint density at radius 1 is 1.12 bits per heavy atom. The lowest BCUT2D eigenvalue weighted by atomic mass is 9.97. The molecule has 1 saturated heterocycles. The van der Waals surface area contributed by atoms with E-state index in [-0.39, 0.29) is 23.0 Å². The molecule has 5 nitrogen and oxygen atoms in total. The minimum Gasteiger partial charge on any atom is -0.491 e. The number of aliphatic hydroxyl groups excluding tert-OH is 1. The van der Waals surface area contributed by atoms with Crippen molar-refractivity contribution in [1.82, 2.24) is 5.32 Å². The van der Waals surface area contributed by atoms with Gasteiger partial charge < -0.3 is 15.2 Å². The molecule has 0 amide bonds. The Bertz CT molecular complexity index is 784. The summed E-state index contributed by atoms with van der Waals surface area (Å²) in [6, 6.07) is 13.4. The number of hydrogen-bond acceptors (Lipinski definition) is 5. The lowest BCUT2D eigenvalue weighted by Gasteiger charge is -2.17. The van der Waals surface area contributed by atoms with E-state index < -0.39 is 9.84 Å². The molecule has 128 valence electrons. The third-order valence-corrected chi connectivity index (χ3v) is 5.97. The van der Waals surface area contributed by atoms with E-state index in [0.717, 1.165) is 25.1 Å². The van der Waals surface area contributed by atoms with Gasteiger partial charge in [0.1, 0.15) is 12.4 Å². The third-order valence-electron chi connectivity index (χ3n) is 4.20. The molecule has 1 heterocycles. The molecule has 3 rings (SSSR count). The molecule has 0 bridgehead atoms. The van der Waals surface area contributed by atoms with E-state index in [2.05, 4.69) is 5.32 Å². The first kappa shape index (κ1) is 17.0. The fourth-order valence-electron chi connectivity index (χ4n) is 2.96. The maximum atomic E-state index is 12.8. The van der Waals surface area contributed by atoms with Crippen LogP contribution in [0.1, 0.15) is 17.9 Å². The van der Waals surface area contributed by atoms with Crippen LogP contribution in [0.4, 0.5) is 0 Å². The van der Waals surface area contributed by atoms with E-state index in [4.69, 9.17) is 9.84 Å². The fourth-order valence-corrected chi connectivity index (χ4v) is 4.25. The highest BCUT2D eigenvalue weighted by Crippen LogP contribution is 2.34. The van der Waals surface area contributed by atoms with Crippen LogP contribution < -0.4 is 10.1 Å². The summed E-state index contributed by atoms with van der Waals surface area (Å²) < 4.78 is 31.2. The van der Waals surface area contributed by atoms with Crippen molar-refractivity contribution in [2.45, 2.75) is 22.1 Å². The Kier molecular flexibility index (Phi) is 5.18. The first-order valence-electron chi connectivity index (χ1n) is 8.01. The zero-order chi connectivity index (χ0) is 17.0. The predicted octanol–water partition coefficient (Wildman–Crippen LogP) is 1.97. The van der Waals surface area contributed by atoms with Crippen LogP contribution in [-0.2, 0) is 9.84 Å². The standard InChI is InChI=1S/C18H21NO4S/c20-10-11-23-18-12-16(6-7-17(18)14-8-9-19-13-14)24(21,22)15-4-2-1-3-5-15/h1-7,12,14,19-20H,8-11,13H2. The van der Waals surface area contributed by atoms with Gasteiger partial charge in [-0.05, 0) is 42.8 Å². The molecule has 1 unspecified atom stereocenters. The van der Waals surface area contributed by atoms with Crippen molar-refractivity contribution in [2.24, 2.45) is 0 Å². The van der Waals surface area contributed by atoms with Crippen LogP contribution in [0.5, 0.6) is 5.75 Å². The minimum absolute atomic E-state index is 0.113. The highest BCUT2D eigenvalue weighted by atomic mass is 32.2. The second kappa shape index (κ2) is 7.34. The molecule has 1 fully saturated rings. The lowest BCUT2D eigenvalue weighted by molar-refractivity contribution is 0.199. The Balaban J connectivity index is 2.00. The molecule has 2 N–H and O–H groups in total. The lowest BCUT2D eigenvalue weighted by Crippen LogP contribution is -2.11. The number of aliphatic hydroxyl groups is 1. The maximum Gasteiger partial charge on any atom is 0.206 e. The second-order valence-electron chi connectivity index (χ2n) is 5.78. The summed E-state index contributed by atoms with van der Waals surface area (Å²) in [6.45, 7) is 1.81. The number of ether oxygens (including phenoxy) is 1. The molecule has 0 aliphatic carbocycles. The molecule has 0 saturated carbocycles. The first-order valence-corrected chi connectivity index (χ1v) is 9.49. The van der Waals surface area contributed by atoms with Crippen LogP contribution in [0, 0.1) is 0 Å². The van der Waals surface area contributed by atoms with Crippen molar-refractivity contribution >= 4 is 9.84 Å². The summed E-state index contributed by atoms with van der Waals surface area (Å²) in [4.78, 5) is 0.463. The van der Waals surface area contributed by atoms with Crippen molar-refractivity contribution in [3.05, 3.63) is 54.1 Å². The molecule has 0 radical (unpaired) electrons. The van der Waals surface area contributed by atoms with Gasteiger partial charge in [0, 0.05) is 12.5 Å². The van der Waals surface area contributed by atoms with Gasteiger partial charge in [0.05, 0.1) is 16.4 Å². The summed E-state index contributed by atoms with van der Waals surface area (Å²) in [5.74, 6) is 0.835. The monoisotopic (exact) mass is 347 g/mol. The second-order valence-corrected chi connectivity index (χ2v) is 7.73. The van der Waals surface area contributed by atoms with Crippen LogP contribution in [-0.4, -0.2) is 39.8 Å². The van der Waals surface area contributed by atoms with Crippen LogP contribution in [0.3, 0.4) is 0 Å². The zero-order valence-corrected chi connectivity index (χ0v) is 14.1. The third kappa shape index (κ3) is 3.45. The van der Waals surface area contributed by atoms with Gasteiger partial charge in [0.2, 0.25) is 9.84 Å². The van der Waals surface area contributed by atoms with Gasteiger partial charge in [-0.3, -0.25) is 0 Å². The topological polar surface area (TPSA) is 75.6 Å². The number of rotatable bonds is 6. The average molecular weight is 347 g/mol. The molecule has 24 heavy (non-hydrogen) atoms. The quantitative estimate of drug-likeness (QED) is 0.836. The van der Waals surface area contributed by atoms with E-state index in [1.165, 1.54) is 0 Å². The van der Waals surface area contributed by atoms with Gasteiger partial charge in [-0.1, -0.05) is 24.3 Å². The van der Waals surface area contributed by atoms with E-state index in [0.29, 0.717) is 11.7 Å². The first-order chi connectivity index (χ1) is 11.6. The number of sulfone groups is 1. The zero-order valence-electron chi connectivity index (χ0n) is 13.3. The Labute approximate surface area is 142 Å². The van der Waals surface area contributed by atoms with Crippen LogP contribution in [0.2, 0.25) is 0 Å². The van der Waals surface area contributed by atoms with Crippen molar-refractivity contribution in [3.8, 4) is 5.75 Å². The minimum atomic E-state index is -3.58. The summed E-state index contributed by atoms with van der Waals surface area (Å²) >= 11 is 0. The largest absolute Gasteiger partial charge is 0.491 e. The predicted molar refractivity (Wildman–Crippen MR) is 91.1 cm³/mol. The molecule has 1 aliphatic heterocycles. The highest BCUT2D eigenvalue weighted by Gasteiger charge is 2.24. The molecule has 2 aromatic carbocycles. The van der Waals surface area contributed by atoms with E-state index in [1.54, 1.807) is 42.5 Å². The number of benzene rings is 2. The van der Waals surface area contributed by atoms with Crippen molar-refractivity contribution < 1.29 is 18.3 Å². The highest BCUT2D eigenvalue weighted by molar-refractivity contribution is 7.91. The van der Waals surface area contributed by atoms with Gasteiger partial charge in [0.15, 0.2) is 0 Å². The fraction of sp³-hybridized carbons (Fsp3) is 0.333. The summed E-state index contributed by atoms with van der Waals surface area (Å²) in [5.41, 5.74) is 0.987. The van der Waals surface area contributed by atoms with E-state index >= 15 is 0 Å². The molecule has 0 aromatic heterocycles. The normalized spacial score (nSPS) is 17.8. The average Bonchev–Trinajstić information content (AvgIpc) is 3.15. The van der Waals surface area contributed by atoms with Crippen molar-refractivity contribution in [3.63, 3.8) is 0 Å². The Hall–Kier alpha value is -1.89. The number of nitrogens with one attached hydrogen (secondary N) is 1. The molecule has 1 atom stereocenters. The van der Waals surface area contributed by atoms with E-state index in [9.17, 15) is 8.42 Å². The maximum absolute atomic E-state index is 12.8. The van der Waals surface area contributed by atoms with Crippen LogP contribution in [0.25, 0.3) is 0 Å². The van der Waals surface area contributed by atoms with Gasteiger partial charge >= 0.3 is 0 Å². The van der Waals surface area contributed by atoms with Crippen molar-refractivity contribution in [2.75, 3.05) is 26.3 Å². The van der Waals surface area contributed by atoms with Gasteiger partial charge in [-0.2, -0.15) is 0 Å². The molecule has 6 heteroatoms. The Morgan fingerprint density at radius 3 is 2.58 bits per heavy atom. The summed E-state index contributed by atoms with van der Waals surface area (Å²) in [7, 11) is -3.58.